The van der Waals surface area contributed by atoms with Gasteiger partial charge in [-0.2, -0.15) is 0 Å². The van der Waals surface area contributed by atoms with E-state index in [1.807, 2.05) is 55.6 Å². The van der Waals surface area contributed by atoms with Crippen LogP contribution in [0.15, 0.2) is 72.9 Å². The first-order chi connectivity index (χ1) is 17.5. The maximum Gasteiger partial charge on any atom is 0.255 e. The van der Waals surface area contributed by atoms with Crippen LogP contribution in [-0.2, 0) is 6.42 Å². The molecule has 1 unspecified atom stereocenters. The van der Waals surface area contributed by atoms with Crippen molar-refractivity contribution in [2.24, 2.45) is 0 Å². The number of amides is 2. The van der Waals surface area contributed by atoms with Crippen LogP contribution in [0.2, 0.25) is 0 Å². The van der Waals surface area contributed by atoms with E-state index >= 15 is 0 Å². The summed E-state index contributed by atoms with van der Waals surface area (Å²) in [4.78, 5) is 28.7. The molecule has 0 aliphatic carbocycles. The molecule has 1 atom stereocenters. The van der Waals surface area contributed by atoms with Crippen molar-refractivity contribution in [3.05, 3.63) is 89.6 Å². The highest BCUT2D eigenvalue weighted by molar-refractivity contribution is 5.99. The Morgan fingerprint density at radius 1 is 1.00 bits per heavy atom. The van der Waals surface area contributed by atoms with E-state index in [0.29, 0.717) is 29.9 Å². The molecular formula is C29H31N3O4. The topological polar surface area (TPSA) is 103 Å². The van der Waals surface area contributed by atoms with Gasteiger partial charge < -0.3 is 25.5 Å². The van der Waals surface area contributed by atoms with Crippen LogP contribution in [0.3, 0.4) is 0 Å². The summed E-state index contributed by atoms with van der Waals surface area (Å²) in [5.74, 6) is -0.0329. The fourth-order valence-electron chi connectivity index (χ4n) is 4.20. The van der Waals surface area contributed by atoms with Gasteiger partial charge in [-0.25, -0.2) is 0 Å². The van der Waals surface area contributed by atoms with Crippen molar-refractivity contribution >= 4 is 22.7 Å². The van der Waals surface area contributed by atoms with Gasteiger partial charge in [-0.05, 0) is 59.9 Å². The van der Waals surface area contributed by atoms with Gasteiger partial charge in [-0.15, -0.1) is 0 Å². The third-order valence-electron chi connectivity index (χ3n) is 6.07. The number of aliphatic hydroxyl groups is 1. The average Bonchev–Trinajstić information content (AvgIpc) is 3.33. The summed E-state index contributed by atoms with van der Waals surface area (Å²) >= 11 is 0. The van der Waals surface area contributed by atoms with Crippen molar-refractivity contribution in [3.63, 3.8) is 0 Å². The first-order valence-corrected chi connectivity index (χ1v) is 12.1. The number of hydrogen-bond acceptors (Lipinski definition) is 4. The Morgan fingerprint density at radius 2 is 1.81 bits per heavy atom. The number of nitrogens with one attached hydrogen (secondary N) is 3. The predicted octanol–water partition coefficient (Wildman–Crippen LogP) is 4.32. The normalized spacial score (nSPS) is 11.8. The molecule has 4 rings (SSSR count). The maximum absolute atomic E-state index is 13.4. The lowest BCUT2D eigenvalue weighted by atomic mass is 9.99. The summed E-state index contributed by atoms with van der Waals surface area (Å²) in [5.41, 5.74) is 4.54. The summed E-state index contributed by atoms with van der Waals surface area (Å²) in [7, 11) is 1.59. The van der Waals surface area contributed by atoms with Crippen molar-refractivity contribution in [1.82, 2.24) is 15.6 Å². The summed E-state index contributed by atoms with van der Waals surface area (Å²) < 4.78 is 5.86. The number of aromatic nitrogens is 1. The highest BCUT2D eigenvalue weighted by Gasteiger charge is 2.20. The molecule has 1 heterocycles. The number of carbonyl (C=O) groups excluding carboxylic acids is 2. The summed E-state index contributed by atoms with van der Waals surface area (Å²) in [5, 5.41) is 16.7. The second-order valence-corrected chi connectivity index (χ2v) is 8.64. The van der Waals surface area contributed by atoms with Gasteiger partial charge in [-0.3, -0.25) is 9.59 Å². The van der Waals surface area contributed by atoms with Crippen LogP contribution >= 0.6 is 0 Å². The van der Waals surface area contributed by atoms with Gasteiger partial charge in [0.1, 0.15) is 5.75 Å². The molecule has 0 saturated carbocycles. The number of rotatable bonds is 10. The zero-order valence-electron chi connectivity index (χ0n) is 20.5. The van der Waals surface area contributed by atoms with Gasteiger partial charge in [0.25, 0.3) is 11.8 Å². The van der Waals surface area contributed by atoms with Crippen molar-refractivity contribution < 1.29 is 19.4 Å². The van der Waals surface area contributed by atoms with E-state index in [1.165, 1.54) is 0 Å². The highest BCUT2D eigenvalue weighted by Crippen LogP contribution is 2.28. The van der Waals surface area contributed by atoms with E-state index in [9.17, 15) is 14.7 Å². The Bertz CT molecular complexity index is 1360. The second-order valence-electron chi connectivity index (χ2n) is 8.64. The van der Waals surface area contributed by atoms with E-state index in [0.717, 1.165) is 34.0 Å². The molecule has 7 nitrogen and oxygen atoms in total. The molecule has 7 heteroatoms. The first-order valence-electron chi connectivity index (χ1n) is 12.1. The van der Waals surface area contributed by atoms with E-state index < -0.39 is 6.04 Å². The van der Waals surface area contributed by atoms with Crippen LogP contribution in [0.1, 0.15) is 39.6 Å². The lowest BCUT2D eigenvalue weighted by Gasteiger charge is -2.18. The van der Waals surface area contributed by atoms with Gasteiger partial charge in [0.15, 0.2) is 0 Å². The number of para-hydroxylation sites is 1. The van der Waals surface area contributed by atoms with E-state index in [2.05, 4.69) is 15.6 Å². The summed E-state index contributed by atoms with van der Waals surface area (Å²) in [6, 6.07) is 20.1. The second kappa shape index (κ2) is 11.6. The molecule has 0 spiro atoms. The van der Waals surface area contributed by atoms with Crippen LogP contribution in [0.25, 0.3) is 22.0 Å². The lowest BCUT2D eigenvalue weighted by molar-refractivity contribution is 0.0911. The minimum absolute atomic E-state index is 0.180. The molecule has 186 valence electrons. The molecule has 0 fully saturated rings. The molecule has 3 aromatic carbocycles. The van der Waals surface area contributed by atoms with Crippen LogP contribution in [0.5, 0.6) is 5.75 Å². The smallest absolute Gasteiger partial charge is 0.255 e. The Kier molecular flexibility index (Phi) is 8.02. The van der Waals surface area contributed by atoms with Crippen molar-refractivity contribution in [3.8, 4) is 16.9 Å². The molecule has 0 radical (unpaired) electrons. The largest absolute Gasteiger partial charge is 0.493 e. The van der Waals surface area contributed by atoms with Gasteiger partial charge in [-0.1, -0.05) is 43.3 Å². The number of ether oxygens (including phenoxy) is 1. The molecule has 0 aliphatic rings. The van der Waals surface area contributed by atoms with Crippen molar-refractivity contribution in [2.75, 3.05) is 20.3 Å². The summed E-state index contributed by atoms with van der Waals surface area (Å²) in [6.07, 6.45) is 3.19. The number of carbonyl (C=O) groups is 2. The van der Waals surface area contributed by atoms with Gasteiger partial charge >= 0.3 is 0 Å². The van der Waals surface area contributed by atoms with Crippen LogP contribution in [0, 0.1) is 0 Å². The van der Waals surface area contributed by atoms with Gasteiger partial charge in [0.05, 0.1) is 24.8 Å². The molecule has 2 amide bonds. The van der Waals surface area contributed by atoms with Crippen molar-refractivity contribution in [1.29, 1.82) is 0 Å². The molecule has 4 aromatic rings. The zero-order valence-corrected chi connectivity index (χ0v) is 20.5. The number of hydrogen-bond donors (Lipinski definition) is 4. The third-order valence-corrected chi connectivity index (χ3v) is 6.07. The monoisotopic (exact) mass is 485 g/mol. The fourth-order valence-corrected chi connectivity index (χ4v) is 4.20. The van der Waals surface area contributed by atoms with E-state index in [-0.39, 0.29) is 18.4 Å². The number of H-pyrrole nitrogens is 1. The average molecular weight is 486 g/mol. The number of fused-ring (bicyclic) bond motifs is 1. The minimum atomic E-state index is -0.476. The zero-order chi connectivity index (χ0) is 25.5. The first kappa shape index (κ1) is 25.0. The van der Waals surface area contributed by atoms with Crippen LogP contribution in [0.4, 0.5) is 0 Å². The molecule has 1 aromatic heterocycles. The molecule has 0 saturated heterocycles. The number of aliphatic hydroxyl groups excluding tert-OH is 1. The van der Waals surface area contributed by atoms with Crippen LogP contribution in [-0.4, -0.2) is 48.2 Å². The minimum Gasteiger partial charge on any atom is -0.493 e. The SMILES string of the molecule is CCCOc1ccc(-c2cccc(C(=O)NC)c2)cc1C(=O)NC(CO)Cc1c[nH]c2ccccc12. The van der Waals surface area contributed by atoms with Crippen molar-refractivity contribution in [2.45, 2.75) is 25.8 Å². The van der Waals surface area contributed by atoms with E-state index in [4.69, 9.17) is 4.74 Å². The standard InChI is InChI=1S/C29H31N3O4/c1-3-13-36-27-12-11-20(19-7-6-8-21(14-19)28(34)30-2)16-25(27)29(35)32-23(18-33)15-22-17-31-26-10-5-4-9-24(22)26/h4-12,14,16-17,23,31,33H,3,13,15,18H2,1-2H3,(H,30,34)(H,32,35). The van der Waals surface area contributed by atoms with Gasteiger partial charge in [0, 0.05) is 29.7 Å². The number of aromatic amines is 1. The fraction of sp³-hybridized carbons (Fsp3) is 0.241. The third kappa shape index (κ3) is 5.58. The molecular weight excluding hydrogens is 454 g/mol. The molecule has 0 bridgehead atoms. The molecule has 36 heavy (non-hydrogen) atoms. The lowest BCUT2D eigenvalue weighted by Crippen LogP contribution is -2.39. The Labute approximate surface area is 210 Å². The van der Waals surface area contributed by atoms with E-state index in [1.54, 1.807) is 31.3 Å². The Morgan fingerprint density at radius 3 is 2.58 bits per heavy atom. The quantitative estimate of drug-likeness (QED) is 0.269. The predicted molar refractivity (Wildman–Crippen MR) is 141 cm³/mol. The van der Waals surface area contributed by atoms with Gasteiger partial charge in [0.2, 0.25) is 0 Å². The molecule has 4 N–H and O–H groups in total. The highest BCUT2D eigenvalue weighted by atomic mass is 16.5. The van der Waals surface area contributed by atoms with Crippen LogP contribution < -0.4 is 15.4 Å². The summed E-state index contributed by atoms with van der Waals surface area (Å²) in [6.45, 7) is 2.27. The Balaban J connectivity index is 1.61. The maximum atomic E-state index is 13.4. The molecule has 0 aliphatic heterocycles. The Hall–Kier alpha value is -4.10. The number of benzene rings is 3.